The number of rotatable bonds is 4. The molecule has 0 amide bonds. The second-order valence-corrected chi connectivity index (χ2v) is 5.74. The summed E-state index contributed by atoms with van der Waals surface area (Å²) in [6, 6.07) is 6.13. The first-order valence-corrected chi connectivity index (χ1v) is 6.87. The Morgan fingerprint density at radius 1 is 1.11 bits per heavy atom. The fourth-order valence-corrected chi connectivity index (χ4v) is 2.59. The highest BCUT2D eigenvalue weighted by atomic mass is 15.3. The minimum absolute atomic E-state index is 0.156. The minimum atomic E-state index is 0.156. The summed E-state index contributed by atoms with van der Waals surface area (Å²) in [6.07, 6.45) is 4.29. The normalized spacial score (nSPS) is 24.1. The van der Waals surface area contributed by atoms with Crippen LogP contribution in [-0.4, -0.2) is 53.0 Å². The second kappa shape index (κ2) is 4.96. The minimum Gasteiger partial charge on any atom is -0.324 e. The van der Waals surface area contributed by atoms with Gasteiger partial charge in [-0.15, -0.1) is 0 Å². The summed E-state index contributed by atoms with van der Waals surface area (Å²) < 4.78 is 0. The first-order chi connectivity index (χ1) is 8.73. The molecule has 98 valence electrons. The monoisotopic (exact) mass is 246 g/mol. The van der Waals surface area contributed by atoms with Gasteiger partial charge in [0.05, 0.1) is 5.69 Å². The number of hydrogen-bond acceptors (Lipinski definition) is 4. The van der Waals surface area contributed by atoms with Crippen molar-refractivity contribution >= 4 is 0 Å². The van der Waals surface area contributed by atoms with Crippen LogP contribution in [0, 0.1) is 0 Å². The predicted molar refractivity (Wildman–Crippen MR) is 72.1 cm³/mol. The highest BCUT2D eigenvalue weighted by Crippen LogP contribution is 2.33. The number of nitrogens with zero attached hydrogens (tertiary/aromatic N) is 3. The number of nitrogens with two attached hydrogens (primary N) is 1. The summed E-state index contributed by atoms with van der Waals surface area (Å²) in [5, 5.41) is 0. The average molecular weight is 246 g/mol. The van der Waals surface area contributed by atoms with Crippen molar-refractivity contribution in [3.63, 3.8) is 0 Å². The third-order valence-electron chi connectivity index (χ3n) is 4.01. The molecule has 2 fully saturated rings. The van der Waals surface area contributed by atoms with E-state index in [1.807, 2.05) is 12.3 Å². The Kier molecular flexibility index (Phi) is 3.33. The van der Waals surface area contributed by atoms with Crippen LogP contribution in [0.3, 0.4) is 0 Å². The van der Waals surface area contributed by atoms with Crippen molar-refractivity contribution < 1.29 is 0 Å². The van der Waals surface area contributed by atoms with Gasteiger partial charge in [-0.2, -0.15) is 0 Å². The molecule has 4 heteroatoms. The van der Waals surface area contributed by atoms with Gasteiger partial charge in [0.1, 0.15) is 0 Å². The molecule has 0 bridgehead atoms. The van der Waals surface area contributed by atoms with Crippen molar-refractivity contribution in [1.29, 1.82) is 0 Å². The fourth-order valence-electron chi connectivity index (χ4n) is 2.59. The summed E-state index contributed by atoms with van der Waals surface area (Å²) >= 11 is 0. The summed E-state index contributed by atoms with van der Waals surface area (Å²) in [5.41, 5.74) is 7.50. The maximum absolute atomic E-state index is 6.17. The summed E-state index contributed by atoms with van der Waals surface area (Å²) in [6.45, 7) is 6.61. The van der Waals surface area contributed by atoms with E-state index in [2.05, 4.69) is 26.9 Å². The number of pyridine rings is 1. The topological polar surface area (TPSA) is 45.4 Å². The first kappa shape index (κ1) is 12.1. The molecular weight excluding hydrogens is 224 g/mol. The Morgan fingerprint density at radius 3 is 2.44 bits per heavy atom. The van der Waals surface area contributed by atoms with Crippen LogP contribution in [0.25, 0.3) is 0 Å². The molecule has 0 unspecified atom stereocenters. The standard InChI is InChI=1S/C14H22N4/c15-14(4-5-14)12-18-9-7-17(8-10-18)11-13-3-1-2-6-16-13/h1-3,6H,4-5,7-12,15H2. The van der Waals surface area contributed by atoms with Gasteiger partial charge < -0.3 is 5.73 Å². The Morgan fingerprint density at radius 2 is 1.83 bits per heavy atom. The van der Waals surface area contributed by atoms with E-state index in [0.717, 1.165) is 39.3 Å². The molecule has 2 aliphatic rings. The smallest absolute Gasteiger partial charge is 0.0543 e. The van der Waals surface area contributed by atoms with Crippen LogP contribution in [-0.2, 0) is 6.54 Å². The molecule has 4 nitrogen and oxygen atoms in total. The lowest BCUT2D eigenvalue weighted by atomic mass is 10.2. The van der Waals surface area contributed by atoms with E-state index in [9.17, 15) is 0 Å². The van der Waals surface area contributed by atoms with Crippen LogP contribution in [0.2, 0.25) is 0 Å². The molecule has 0 radical (unpaired) electrons. The van der Waals surface area contributed by atoms with Crippen LogP contribution >= 0.6 is 0 Å². The average Bonchev–Trinajstić information content (AvgIpc) is 3.11. The lowest BCUT2D eigenvalue weighted by Gasteiger charge is -2.35. The van der Waals surface area contributed by atoms with Crippen molar-refractivity contribution in [1.82, 2.24) is 14.8 Å². The van der Waals surface area contributed by atoms with E-state index in [0.29, 0.717) is 0 Å². The third kappa shape index (κ3) is 3.07. The predicted octanol–water partition coefficient (Wildman–Crippen LogP) is 0.691. The van der Waals surface area contributed by atoms with Crippen molar-refractivity contribution in [2.75, 3.05) is 32.7 Å². The first-order valence-electron chi connectivity index (χ1n) is 6.87. The largest absolute Gasteiger partial charge is 0.324 e. The van der Waals surface area contributed by atoms with Gasteiger partial charge in [0.15, 0.2) is 0 Å². The van der Waals surface area contributed by atoms with Crippen LogP contribution in [0.15, 0.2) is 24.4 Å². The molecule has 1 saturated carbocycles. The maximum Gasteiger partial charge on any atom is 0.0543 e. The molecule has 1 aliphatic carbocycles. The Balaban J connectivity index is 1.45. The lowest BCUT2D eigenvalue weighted by molar-refractivity contribution is 0.118. The molecule has 3 rings (SSSR count). The van der Waals surface area contributed by atoms with E-state index < -0.39 is 0 Å². The van der Waals surface area contributed by atoms with Gasteiger partial charge in [0.25, 0.3) is 0 Å². The second-order valence-electron chi connectivity index (χ2n) is 5.74. The third-order valence-corrected chi connectivity index (χ3v) is 4.01. The zero-order valence-electron chi connectivity index (χ0n) is 10.9. The van der Waals surface area contributed by atoms with Gasteiger partial charge >= 0.3 is 0 Å². The van der Waals surface area contributed by atoms with Crippen LogP contribution < -0.4 is 5.73 Å². The highest BCUT2D eigenvalue weighted by Gasteiger charge is 2.39. The van der Waals surface area contributed by atoms with Crippen LogP contribution in [0.5, 0.6) is 0 Å². The molecule has 1 aromatic rings. The van der Waals surface area contributed by atoms with Gasteiger partial charge in [-0.1, -0.05) is 6.07 Å². The van der Waals surface area contributed by atoms with Gasteiger partial charge in [0.2, 0.25) is 0 Å². The van der Waals surface area contributed by atoms with Gasteiger partial charge in [-0.05, 0) is 25.0 Å². The molecule has 18 heavy (non-hydrogen) atoms. The Labute approximate surface area is 109 Å². The summed E-state index contributed by atoms with van der Waals surface area (Å²) in [5.74, 6) is 0. The zero-order chi connectivity index (χ0) is 12.4. The van der Waals surface area contributed by atoms with Crippen molar-refractivity contribution in [2.45, 2.75) is 24.9 Å². The zero-order valence-corrected chi connectivity index (χ0v) is 10.9. The van der Waals surface area contributed by atoms with Gasteiger partial charge in [0, 0.05) is 51.0 Å². The lowest BCUT2D eigenvalue weighted by Crippen LogP contribution is -2.50. The summed E-state index contributed by atoms with van der Waals surface area (Å²) in [7, 11) is 0. The molecule has 0 atom stereocenters. The van der Waals surface area contributed by atoms with E-state index in [1.54, 1.807) is 0 Å². The molecule has 0 aromatic carbocycles. The van der Waals surface area contributed by atoms with Crippen molar-refractivity contribution in [2.24, 2.45) is 5.73 Å². The quantitative estimate of drug-likeness (QED) is 0.849. The maximum atomic E-state index is 6.17. The summed E-state index contributed by atoms with van der Waals surface area (Å²) in [4.78, 5) is 9.38. The molecule has 2 N–H and O–H groups in total. The Hall–Kier alpha value is -0.970. The molecule has 1 saturated heterocycles. The number of piperazine rings is 1. The molecule has 1 aliphatic heterocycles. The van der Waals surface area contributed by atoms with Gasteiger partial charge in [-0.25, -0.2) is 0 Å². The van der Waals surface area contributed by atoms with Crippen molar-refractivity contribution in [3.05, 3.63) is 30.1 Å². The fraction of sp³-hybridized carbons (Fsp3) is 0.643. The van der Waals surface area contributed by atoms with E-state index in [-0.39, 0.29) is 5.54 Å². The SMILES string of the molecule is NC1(CN2CCN(Cc3ccccn3)CC2)CC1. The van der Waals surface area contributed by atoms with E-state index >= 15 is 0 Å². The Bertz CT molecular complexity index is 380. The number of aromatic nitrogens is 1. The molecule has 0 spiro atoms. The van der Waals surface area contributed by atoms with Crippen molar-refractivity contribution in [3.8, 4) is 0 Å². The van der Waals surface area contributed by atoms with Crippen LogP contribution in [0.1, 0.15) is 18.5 Å². The van der Waals surface area contributed by atoms with Gasteiger partial charge in [-0.3, -0.25) is 14.8 Å². The number of hydrogen-bond donors (Lipinski definition) is 1. The molecular formula is C14H22N4. The molecule has 1 aromatic heterocycles. The highest BCUT2D eigenvalue weighted by molar-refractivity contribution is 5.04. The van der Waals surface area contributed by atoms with E-state index in [1.165, 1.54) is 18.5 Å². The van der Waals surface area contributed by atoms with E-state index in [4.69, 9.17) is 5.73 Å². The van der Waals surface area contributed by atoms with Crippen LogP contribution in [0.4, 0.5) is 0 Å². The molecule has 2 heterocycles.